The lowest BCUT2D eigenvalue weighted by atomic mass is 9.98. The van der Waals surface area contributed by atoms with Gasteiger partial charge in [0.2, 0.25) is 0 Å². The van der Waals surface area contributed by atoms with Crippen LogP contribution in [0.25, 0.3) is 0 Å². The van der Waals surface area contributed by atoms with E-state index in [-0.39, 0.29) is 0 Å². The molecule has 0 aliphatic rings. The van der Waals surface area contributed by atoms with Gasteiger partial charge >= 0.3 is 19.5 Å². The van der Waals surface area contributed by atoms with Crippen molar-refractivity contribution in [3.05, 3.63) is 35.4 Å². The SMILES string of the molecule is COC(=O)C(C(=O)OC)C(c1ccc(C)cc1)P(=O)(OC)OC. The van der Waals surface area contributed by atoms with E-state index in [1.54, 1.807) is 24.3 Å². The summed E-state index contributed by atoms with van der Waals surface area (Å²) in [4.78, 5) is 24.2. The third-order valence-corrected chi connectivity index (χ3v) is 5.79. The number of ether oxygens (including phenoxy) is 2. The van der Waals surface area contributed by atoms with Crippen LogP contribution in [0.2, 0.25) is 0 Å². The number of aryl methyl sites for hydroxylation is 1. The third kappa shape index (κ3) is 4.19. The van der Waals surface area contributed by atoms with Gasteiger partial charge in [-0.1, -0.05) is 29.8 Å². The summed E-state index contributed by atoms with van der Waals surface area (Å²) in [7, 11) is 0.831. The molecule has 1 atom stereocenters. The van der Waals surface area contributed by atoms with Crippen LogP contribution in [-0.2, 0) is 32.7 Å². The molecule has 0 bridgehead atoms. The van der Waals surface area contributed by atoms with Gasteiger partial charge in [0.05, 0.1) is 14.2 Å². The molecule has 0 saturated heterocycles. The molecule has 0 aromatic heterocycles. The molecule has 0 heterocycles. The van der Waals surface area contributed by atoms with Crippen molar-refractivity contribution in [2.24, 2.45) is 5.92 Å². The summed E-state index contributed by atoms with van der Waals surface area (Å²) in [5, 5.41) is 0. The summed E-state index contributed by atoms with van der Waals surface area (Å²) >= 11 is 0. The molecule has 0 N–H and O–H groups in total. The predicted molar refractivity (Wildman–Crippen MR) is 83.1 cm³/mol. The van der Waals surface area contributed by atoms with Crippen LogP contribution in [0.3, 0.4) is 0 Å². The van der Waals surface area contributed by atoms with Crippen LogP contribution >= 0.6 is 7.60 Å². The molecule has 8 heteroatoms. The highest BCUT2D eigenvalue weighted by Crippen LogP contribution is 2.63. The first kappa shape index (κ1) is 19.4. The lowest BCUT2D eigenvalue weighted by Crippen LogP contribution is -2.32. The smallest absolute Gasteiger partial charge is 0.339 e. The van der Waals surface area contributed by atoms with Crippen LogP contribution in [0.15, 0.2) is 24.3 Å². The molecule has 1 rings (SSSR count). The number of benzene rings is 1. The standard InChI is InChI=1S/C15H21O7P/c1-10-6-8-11(9-7-10)13(23(18,21-4)22-5)12(14(16)19-2)15(17)20-3/h6-9,12-13H,1-5H3. The lowest BCUT2D eigenvalue weighted by molar-refractivity contribution is -0.159. The van der Waals surface area contributed by atoms with E-state index in [0.29, 0.717) is 5.56 Å². The Balaban J connectivity index is 3.53. The molecule has 0 aliphatic carbocycles. The first-order chi connectivity index (χ1) is 10.8. The molecule has 23 heavy (non-hydrogen) atoms. The molecule has 0 spiro atoms. The topological polar surface area (TPSA) is 88.1 Å². The second-order valence-corrected chi connectivity index (χ2v) is 7.15. The molecule has 128 valence electrons. The molecule has 0 radical (unpaired) electrons. The summed E-state index contributed by atoms with van der Waals surface area (Å²) in [6.07, 6.45) is 0. The van der Waals surface area contributed by atoms with E-state index in [4.69, 9.17) is 9.05 Å². The van der Waals surface area contributed by atoms with Gasteiger partial charge in [0.25, 0.3) is 0 Å². The monoisotopic (exact) mass is 344 g/mol. The van der Waals surface area contributed by atoms with E-state index < -0.39 is 31.1 Å². The maximum Gasteiger partial charge on any atom is 0.339 e. The zero-order valence-corrected chi connectivity index (χ0v) is 14.7. The fourth-order valence-corrected chi connectivity index (χ4v) is 3.98. The van der Waals surface area contributed by atoms with Crippen molar-refractivity contribution in [2.75, 3.05) is 28.4 Å². The van der Waals surface area contributed by atoms with Gasteiger partial charge in [-0.15, -0.1) is 0 Å². The van der Waals surface area contributed by atoms with Crippen molar-refractivity contribution in [3.63, 3.8) is 0 Å². The minimum atomic E-state index is -3.82. The van der Waals surface area contributed by atoms with Crippen LogP contribution in [0, 0.1) is 12.8 Å². The number of hydrogen-bond donors (Lipinski definition) is 0. The second kappa shape index (κ2) is 8.24. The Morgan fingerprint density at radius 2 is 1.35 bits per heavy atom. The highest BCUT2D eigenvalue weighted by Gasteiger charge is 2.49. The van der Waals surface area contributed by atoms with Gasteiger partial charge in [-0.05, 0) is 12.5 Å². The highest BCUT2D eigenvalue weighted by molar-refractivity contribution is 7.54. The Morgan fingerprint density at radius 3 is 1.70 bits per heavy atom. The molecular weight excluding hydrogens is 323 g/mol. The average Bonchev–Trinajstić information content (AvgIpc) is 2.58. The maximum atomic E-state index is 13.0. The molecule has 0 fully saturated rings. The number of methoxy groups -OCH3 is 2. The van der Waals surface area contributed by atoms with E-state index in [1.165, 1.54) is 14.2 Å². The van der Waals surface area contributed by atoms with Gasteiger partial charge < -0.3 is 18.5 Å². The van der Waals surface area contributed by atoms with Crippen LogP contribution in [0.4, 0.5) is 0 Å². The fraction of sp³-hybridized carbons (Fsp3) is 0.467. The van der Waals surface area contributed by atoms with Crippen LogP contribution < -0.4 is 0 Å². The molecular formula is C15H21O7P. The zero-order chi connectivity index (χ0) is 17.6. The van der Waals surface area contributed by atoms with Gasteiger partial charge in [-0.25, -0.2) is 0 Å². The van der Waals surface area contributed by atoms with E-state index in [9.17, 15) is 14.2 Å². The first-order valence-electron chi connectivity index (χ1n) is 6.78. The van der Waals surface area contributed by atoms with Crippen LogP contribution in [-0.4, -0.2) is 40.4 Å². The molecule has 7 nitrogen and oxygen atoms in total. The van der Waals surface area contributed by atoms with Crippen molar-refractivity contribution in [1.29, 1.82) is 0 Å². The minimum absolute atomic E-state index is 0.448. The Morgan fingerprint density at radius 1 is 0.913 bits per heavy atom. The van der Waals surface area contributed by atoms with Crippen molar-refractivity contribution in [1.82, 2.24) is 0 Å². The molecule has 0 aliphatic heterocycles. The normalized spacial score (nSPS) is 12.8. The van der Waals surface area contributed by atoms with Gasteiger partial charge in [-0.3, -0.25) is 14.2 Å². The van der Waals surface area contributed by atoms with Crippen molar-refractivity contribution >= 4 is 19.5 Å². The predicted octanol–water partition coefficient (Wildman–Crippen LogP) is 2.48. The zero-order valence-electron chi connectivity index (χ0n) is 13.8. The van der Waals surface area contributed by atoms with Crippen molar-refractivity contribution in [3.8, 4) is 0 Å². The number of hydrogen-bond acceptors (Lipinski definition) is 7. The molecule has 0 saturated carbocycles. The second-order valence-electron chi connectivity index (χ2n) is 4.78. The van der Waals surface area contributed by atoms with Gasteiger partial charge in [0.15, 0.2) is 5.92 Å². The summed E-state index contributed by atoms with van der Waals surface area (Å²) in [5.74, 6) is -3.23. The summed E-state index contributed by atoms with van der Waals surface area (Å²) in [6, 6.07) is 6.85. The Hall–Kier alpha value is -1.69. The third-order valence-electron chi connectivity index (χ3n) is 3.49. The van der Waals surface area contributed by atoms with E-state index in [1.807, 2.05) is 6.92 Å². The van der Waals surface area contributed by atoms with Crippen molar-refractivity contribution < 1.29 is 32.7 Å². The quantitative estimate of drug-likeness (QED) is 0.426. The summed E-state index contributed by atoms with van der Waals surface area (Å²) < 4.78 is 32.3. The van der Waals surface area contributed by atoms with Gasteiger partial charge in [0, 0.05) is 14.2 Å². The van der Waals surface area contributed by atoms with E-state index in [0.717, 1.165) is 19.8 Å². The molecule has 1 aromatic carbocycles. The number of carbonyl (C=O) groups is 2. The van der Waals surface area contributed by atoms with Gasteiger partial charge in [-0.2, -0.15) is 0 Å². The fourth-order valence-electron chi connectivity index (χ4n) is 2.23. The van der Waals surface area contributed by atoms with E-state index in [2.05, 4.69) is 9.47 Å². The highest BCUT2D eigenvalue weighted by atomic mass is 31.2. The molecule has 0 amide bonds. The van der Waals surface area contributed by atoms with Crippen molar-refractivity contribution in [2.45, 2.75) is 12.6 Å². The minimum Gasteiger partial charge on any atom is -0.468 e. The average molecular weight is 344 g/mol. The van der Waals surface area contributed by atoms with Crippen LogP contribution in [0.5, 0.6) is 0 Å². The number of carbonyl (C=O) groups excluding carboxylic acids is 2. The molecule has 1 unspecified atom stereocenters. The first-order valence-corrected chi connectivity index (χ1v) is 8.39. The maximum absolute atomic E-state index is 13.0. The Bertz CT molecular complexity index is 572. The van der Waals surface area contributed by atoms with E-state index >= 15 is 0 Å². The van der Waals surface area contributed by atoms with Crippen LogP contribution in [0.1, 0.15) is 16.8 Å². The summed E-state index contributed by atoms with van der Waals surface area (Å²) in [5.41, 5.74) is 0.228. The summed E-state index contributed by atoms with van der Waals surface area (Å²) in [6.45, 7) is 1.88. The van der Waals surface area contributed by atoms with Gasteiger partial charge in [0.1, 0.15) is 5.66 Å². The molecule has 1 aromatic rings. The largest absolute Gasteiger partial charge is 0.468 e. The number of esters is 2. The Labute approximate surface area is 135 Å². The Kier molecular flexibility index (Phi) is 6.94. The number of rotatable bonds is 7. The lowest BCUT2D eigenvalue weighted by Gasteiger charge is -2.28.